The number of sulfone groups is 1. The highest BCUT2D eigenvalue weighted by Gasteiger charge is 2.42. The molecule has 2 aliphatic heterocycles. The van der Waals surface area contributed by atoms with E-state index in [2.05, 4.69) is 20.2 Å². The Labute approximate surface area is 223 Å². The van der Waals surface area contributed by atoms with E-state index in [9.17, 15) is 17.6 Å². The average Bonchev–Trinajstić information content (AvgIpc) is 3.69. The number of benzene rings is 1. The minimum atomic E-state index is -3.48. The summed E-state index contributed by atoms with van der Waals surface area (Å²) in [7, 11) is -3.48. The van der Waals surface area contributed by atoms with Crippen molar-refractivity contribution in [3.05, 3.63) is 35.9 Å². The van der Waals surface area contributed by atoms with Crippen molar-refractivity contribution in [2.24, 2.45) is 5.41 Å². The molecule has 2 aromatic rings. The normalized spacial score (nSPS) is 24.2. The first-order chi connectivity index (χ1) is 17.9. The van der Waals surface area contributed by atoms with Gasteiger partial charge in [-0.1, -0.05) is 20.8 Å². The molecule has 3 aliphatic rings. The number of morpholine rings is 1. The van der Waals surface area contributed by atoms with E-state index in [1.54, 1.807) is 6.92 Å². The molecule has 3 fully saturated rings. The third kappa shape index (κ3) is 5.55. The van der Waals surface area contributed by atoms with Crippen LogP contribution in [0.25, 0.3) is 0 Å². The largest absolute Gasteiger partial charge is 0.474 e. The Hall–Kier alpha value is -2.63. The van der Waals surface area contributed by atoms with Crippen molar-refractivity contribution >= 4 is 27.1 Å². The van der Waals surface area contributed by atoms with Gasteiger partial charge < -0.3 is 14.8 Å². The first kappa shape index (κ1) is 27.0. The van der Waals surface area contributed by atoms with Crippen LogP contribution in [0.1, 0.15) is 52.0 Å². The Kier molecular flexibility index (Phi) is 7.21. The van der Waals surface area contributed by atoms with Gasteiger partial charge in [0.25, 0.3) is 0 Å². The van der Waals surface area contributed by atoms with Crippen molar-refractivity contribution in [2.45, 2.75) is 81.7 Å². The lowest BCUT2D eigenvalue weighted by atomic mass is 9.87. The van der Waals surface area contributed by atoms with Crippen molar-refractivity contribution in [3.8, 4) is 5.88 Å². The number of carbonyl (C=O) groups excluding carboxylic acids is 1. The molecule has 1 aromatic carbocycles. The molecule has 206 valence electrons. The van der Waals surface area contributed by atoms with E-state index in [0.717, 1.165) is 6.07 Å². The van der Waals surface area contributed by atoms with Crippen LogP contribution in [0, 0.1) is 18.2 Å². The zero-order chi connectivity index (χ0) is 27.2. The van der Waals surface area contributed by atoms with E-state index < -0.39 is 26.3 Å². The number of carbonyl (C=O) groups is 1. The number of halogens is 1. The molecule has 11 heteroatoms. The molecule has 2 saturated heterocycles. The maximum Gasteiger partial charge on any atom is 0.221 e. The summed E-state index contributed by atoms with van der Waals surface area (Å²) in [5.74, 6) is 0.321. The van der Waals surface area contributed by atoms with Crippen LogP contribution in [0.3, 0.4) is 0 Å². The molecule has 3 atom stereocenters. The van der Waals surface area contributed by atoms with E-state index in [1.165, 1.54) is 18.5 Å². The smallest absolute Gasteiger partial charge is 0.221 e. The fraction of sp³-hybridized carbons (Fsp3) is 0.593. The third-order valence-corrected chi connectivity index (χ3v) is 9.85. The number of Topliss-reactive ketones (excluding diaryl/α,β-unsaturated/α-hetero) is 1. The van der Waals surface area contributed by atoms with E-state index in [0.29, 0.717) is 62.7 Å². The zero-order valence-electron chi connectivity index (χ0n) is 22.2. The molecule has 9 nitrogen and oxygen atoms in total. The molecule has 1 aromatic heterocycles. The maximum absolute atomic E-state index is 14.8. The number of aromatic nitrogens is 2. The molecule has 2 bridgehead atoms. The summed E-state index contributed by atoms with van der Waals surface area (Å²) in [4.78, 5) is 23.5. The zero-order valence-corrected chi connectivity index (χ0v) is 23.1. The number of nitrogens with one attached hydrogen (secondary N) is 1. The van der Waals surface area contributed by atoms with E-state index in [1.807, 2.05) is 20.8 Å². The minimum Gasteiger partial charge on any atom is -0.474 e. The molecule has 0 radical (unpaired) electrons. The third-order valence-electron chi connectivity index (χ3n) is 7.59. The Morgan fingerprint density at radius 2 is 1.87 bits per heavy atom. The van der Waals surface area contributed by atoms with Crippen molar-refractivity contribution in [3.63, 3.8) is 0 Å². The number of ether oxygens (including phenoxy) is 2. The molecule has 1 N–H and O–H groups in total. The molecular weight excluding hydrogens is 511 g/mol. The van der Waals surface area contributed by atoms with Gasteiger partial charge in [0.05, 0.1) is 41.2 Å². The summed E-state index contributed by atoms with van der Waals surface area (Å²) in [5.41, 5.74) is 0.347. The molecule has 3 heterocycles. The second-order valence-corrected chi connectivity index (χ2v) is 13.8. The van der Waals surface area contributed by atoms with Gasteiger partial charge in [-0.3, -0.25) is 9.69 Å². The molecular formula is C27H35FN4O5S. The van der Waals surface area contributed by atoms with Gasteiger partial charge in [-0.15, -0.1) is 0 Å². The van der Waals surface area contributed by atoms with Crippen LogP contribution < -0.4 is 10.1 Å². The quantitative estimate of drug-likeness (QED) is 0.528. The van der Waals surface area contributed by atoms with Crippen molar-refractivity contribution < 1.29 is 27.1 Å². The molecule has 1 aliphatic carbocycles. The van der Waals surface area contributed by atoms with Gasteiger partial charge in [-0.25, -0.2) is 22.8 Å². The summed E-state index contributed by atoms with van der Waals surface area (Å²) in [6.07, 6.45) is 3.89. The van der Waals surface area contributed by atoms with Crippen LogP contribution >= 0.6 is 0 Å². The SMILES string of the molecule is Cc1c(Nc2ccc(S(=O)(=O)C3CC3)cc2F)ncnc1O[C@@H]1CC2COC[C@@H](C1)N2CC(=O)C(C)(C)C. The topological polar surface area (TPSA) is 111 Å². The molecule has 0 amide bonds. The number of rotatable bonds is 8. The van der Waals surface area contributed by atoms with Gasteiger partial charge in [0.2, 0.25) is 5.88 Å². The fourth-order valence-electron chi connectivity index (χ4n) is 5.01. The first-order valence-corrected chi connectivity index (χ1v) is 14.6. The predicted octanol–water partition coefficient (Wildman–Crippen LogP) is 3.83. The van der Waals surface area contributed by atoms with Crippen LogP contribution in [0.2, 0.25) is 0 Å². The Morgan fingerprint density at radius 3 is 2.47 bits per heavy atom. The van der Waals surface area contributed by atoms with E-state index in [4.69, 9.17) is 9.47 Å². The number of ketones is 1. The van der Waals surface area contributed by atoms with Crippen molar-refractivity contribution in [1.29, 1.82) is 0 Å². The van der Waals surface area contributed by atoms with Crippen LogP contribution in [-0.2, 0) is 19.4 Å². The highest BCUT2D eigenvalue weighted by molar-refractivity contribution is 7.92. The monoisotopic (exact) mass is 546 g/mol. The maximum atomic E-state index is 14.8. The lowest BCUT2D eigenvalue weighted by Gasteiger charge is -2.48. The van der Waals surface area contributed by atoms with Gasteiger partial charge in [0.15, 0.2) is 15.6 Å². The number of piperidine rings is 1. The number of anilines is 2. The van der Waals surface area contributed by atoms with Gasteiger partial charge in [0, 0.05) is 30.3 Å². The Bertz CT molecular complexity index is 1310. The minimum absolute atomic E-state index is 0.00319. The number of nitrogens with zero attached hydrogens (tertiary/aromatic N) is 3. The second-order valence-electron chi connectivity index (χ2n) is 11.6. The van der Waals surface area contributed by atoms with Crippen LogP contribution in [-0.4, -0.2) is 72.3 Å². The predicted molar refractivity (Wildman–Crippen MR) is 140 cm³/mol. The average molecular weight is 547 g/mol. The lowest BCUT2D eigenvalue weighted by molar-refractivity contribution is -0.138. The summed E-state index contributed by atoms with van der Waals surface area (Å²) in [5, 5.41) is 2.56. The Morgan fingerprint density at radius 1 is 1.18 bits per heavy atom. The number of hydrogen-bond donors (Lipinski definition) is 1. The molecule has 1 unspecified atom stereocenters. The van der Waals surface area contributed by atoms with Crippen molar-refractivity contribution in [1.82, 2.24) is 14.9 Å². The standard InChI is InChI=1S/C27H35FN4O5S/c1-16-25(31-23-8-7-21(11-22(23)28)38(34,35)20-5-6-20)29-15-30-26(16)37-19-9-17-13-36-14-18(10-19)32(17)12-24(33)27(2,3)4/h7-8,11,15,17-20H,5-6,9-10,12-14H2,1-4H3,(H,29,30,31)/t17-,18?,19+/m1/s1. The van der Waals surface area contributed by atoms with Crippen molar-refractivity contribution in [2.75, 3.05) is 25.1 Å². The van der Waals surface area contributed by atoms with E-state index >= 15 is 0 Å². The van der Waals surface area contributed by atoms with Gasteiger partial charge in [-0.05, 0) is 38.0 Å². The lowest BCUT2D eigenvalue weighted by Crippen LogP contribution is -2.60. The summed E-state index contributed by atoms with van der Waals surface area (Å²) in [6, 6.07) is 4.06. The summed E-state index contributed by atoms with van der Waals surface area (Å²) < 4.78 is 51.8. The van der Waals surface area contributed by atoms with Gasteiger partial charge >= 0.3 is 0 Å². The second kappa shape index (κ2) is 10.2. The fourth-order valence-corrected chi connectivity index (χ4v) is 6.67. The van der Waals surface area contributed by atoms with Gasteiger partial charge in [-0.2, -0.15) is 0 Å². The molecule has 1 saturated carbocycles. The van der Waals surface area contributed by atoms with Gasteiger partial charge in [0.1, 0.15) is 24.1 Å². The number of hydrogen-bond acceptors (Lipinski definition) is 9. The van der Waals surface area contributed by atoms with E-state index in [-0.39, 0.29) is 34.6 Å². The van der Waals surface area contributed by atoms with Crippen LogP contribution in [0.4, 0.5) is 15.9 Å². The highest BCUT2D eigenvalue weighted by atomic mass is 32.2. The summed E-state index contributed by atoms with van der Waals surface area (Å²) in [6.45, 7) is 9.13. The van der Waals surface area contributed by atoms with Crippen LogP contribution in [0.15, 0.2) is 29.4 Å². The molecule has 5 rings (SSSR count). The Balaban J connectivity index is 1.27. The summed E-state index contributed by atoms with van der Waals surface area (Å²) >= 11 is 0. The number of fused-ring (bicyclic) bond motifs is 2. The van der Waals surface area contributed by atoms with Crippen LogP contribution in [0.5, 0.6) is 5.88 Å². The molecule has 38 heavy (non-hydrogen) atoms. The first-order valence-electron chi connectivity index (χ1n) is 13.1. The highest BCUT2D eigenvalue weighted by Crippen LogP contribution is 2.36. The molecule has 0 spiro atoms.